The Balaban J connectivity index is 1.27. The molecule has 1 aliphatic rings. The van der Waals surface area contributed by atoms with E-state index in [9.17, 15) is 14.7 Å². The Morgan fingerprint density at radius 1 is 1.05 bits per heavy atom. The molecule has 0 saturated heterocycles. The summed E-state index contributed by atoms with van der Waals surface area (Å²) in [4.78, 5) is 26.9. The predicted molar refractivity (Wildman–Crippen MR) is 151 cm³/mol. The number of thiazole rings is 1. The third-order valence-corrected chi connectivity index (χ3v) is 8.17. The van der Waals surface area contributed by atoms with Gasteiger partial charge in [-0.15, -0.1) is 0 Å². The fourth-order valence-electron chi connectivity index (χ4n) is 4.86. The maximum Gasteiger partial charge on any atom is 0.343 e. The van der Waals surface area contributed by atoms with E-state index in [1.54, 1.807) is 12.1 Å². The minimum atomic E-state index is -0.527. The highest BCUT2D eigenvalue weighted by molar-refractivity contribution is 7.09. The van der Waals surface area contributed by atoms with Crippen LogP contribution in [0, 0.1) is 20.8 Å². The Hall–Kier alpha value is -4.04. The lowest BCUT2D eigenvalue weighted by molar-refractivity contribution is 0.0166. The second kappa shape index (κ2) is 10.6. The van der Waals surface area contributed by atoms with Crippen molar-refractivity contribution in [1.29, 1.82) is 0 Å². The van der Waals surface area contributed by atoms with Crippen molar-refractivity contribution in [3.63, 3.8) is 0 Å². The van der Waals surface area contributed by atoms with Crippen LogP contribution in [0.2, 0.25) is 0 Å². The number of hydrogen-bond donors (Lipinski definition) is 2. The molecule has 0 bridgehead atoms. The van der Waals surface area contributed by atoms with E-state index in [1.165, 1.54) is 0 Å². The fourth-order valence-corrected chi connectivity index (χ4v) is 5.62. The molecule has 3 aromatic carbocycles. The van der Waals surface area contributed by atoms with Crippen LogP contribution >= 0.6 is 11.3 Å². The van der Waals surface area contributed by atoms with Crippen molar-refractivity contribution in [2.24, 2.45) is 0 Å². The van der Waals surface area contributed by atoms with E-state index in [4.69, 9.17) is 14.2 Å². The van der Waals surface area contributed by atoms with Crippen molar-refractivity contribution in [2.75, 3.05) is 6.61 Å². The molecular formula is C31H31NO6S. The summed E-state index contributed by atoms with van der Waals surface area (Å²) < 4.78 is 18.6. The molecule has 0 aliphatic carbocycles. The van der Waals surface area contributed by atoms with Crippen LogP contribution in [-0.4, -0.2) is 28.3 Å². The van der Waals surface area contributed by atoms with Gasteiger partial charge >= 0.3 is 10.8 Å². The molecule has 1 aromatic heterocycles. The zero-order valence-electron chi connectivity index (χ0n) is 22.4. The number of fused-ring (bicyclic) bond motifs is 1. The van der Waals surface area contributed by atoms with E-state index in [0.717, 1.165) is 57.7 Å². The number of ether oxygens (including phenoxy) is 3. The lowest BCUT2D eigenvalue weighted by Crippen LogP contribution is -2.42. The molecule has 2 N–H and O–H groups in total. The Labute approximate surface area is 231 Å². The summed E-state index contributed by atoms with van der Waals surface area (Å²) in [6, 6.07) is 16.6. The number of aromatic nitrogens is 1. The highest BCUT2D eigenvalue weighted by atomic mass is 32.1. The van der Waals surface area contributed by atoms with Crippen molar-refractivity contribution < 1.29 is 24.1 Å². The number of benzene rings is 3. The van der Waals surface area contributed by atoms with Gasteiger partial charge in [0.05, 0.1) is 10.4 Å². The van der Waals surface area contributed by atoms with Crippen LogP contribution in [0.25, 0.3) is 0 Å². The second-order valence-corrected chi connectivity index (χ2v) is 11.3. The number of aromatic hydroxyl groups is 1. The summed E-state index contributed by atoms with van der Waals surface area (Å²) in [5.74, 6) is 1.71. The maximum atomic E-state index is 12.8. The molecule has 0 radical (unpaired) electrons. The summed E-state index contributed by atoms with van der Waals surface area (Å²) in [6.07, 6.45) is 1.99. The molecule has 2 heterocycles. The van der Waals surface area contributed by atoms with E-state index in [1.807, 2.05) is 70.2 Å². The number of rotatable bonds is 7. The van der Waals surface area contributed by atoms with E-state index in [2.05, 4.69) is 4.98 Å². The maximum absolute atomic E-state index is 12.8. The molecule has 8 heteroatoms. The zero-order valence-corrected chi connectivity index (χ0v) is 23.2. The first kappa shape index (κ1) is 26.6. The third-order valence-electron chi connectivity index (χ3n) is 7.30. The van der Waals surface area contributed by atoms with Crippen LogP contribution in [0.15, 0.2) is 59.4 Å². The van der Waals surface area contributed by atoms with E-state index in [-0.39, 0.29) is 16.7 Å². The minimum absolute atomic E-state index is 0.0739. The first-order valence-electron chi connectivity index (χ1n) is 12.8. The van der Waals surface area contributed by atoms with Gasteiger partial charge in [0.25, 0.3) is 0 Å². The molecule has 0 amide bonds. The minimum Gasteiger partial charge on any atom is -0.494 e. The number of aromatic amines is 1. The number of esters is 1. The number of H-pyrrole nitrogens is 1. The van der Waals surface area contributed by atoms with Crippen molar-refractivity contribution in [3.05, 3.63) is 103 Å². The summed E-state index contributed by atoms with van der Waals surface area (Å²) in [5, 5.41) is 9.82. The second-order valence-electron chi connectivity index (χ2n) is 10.2. The van der Waals surface area contributed by atoms with Crippen molar-refractivity contribution in [1.82, 2.24) is 4.98 Å². The smallest absolute Gasteiger partial charge is 0.343 e. The van der Waals surface area contributed by atoms with Crippen LogP contribution in [0.4, 0.5) is 0 Å². The summed E-state index contributed by atoms with van der Waals surface area (Å²) in [6.45, 7) is 8.35. The number of carbonyl (C=O) groups excluding carboxylic acids is 1. The Morgan fingerprint density at radius 3 is 2.44 bits per heavy atom. The van der Waals surface area contributed by atoms with Gasteiger partial charge in [0.15, 0.2) is 0 Å². The topological polar surface area (TPSA) is 97.9 Å². The average Bonchev–Trinajstić information content (AvgIpc) is 3.25. The number of hydrogen-bond acceptors (Lipinski definition) is 7. The zero-order chi connectivity index (χ0) is 27.7. The van der Waals surface area contributed by atoms with Crippen molar-refractivity contribution in [3.8, 4) is 23.1 Å². The molecule has 202 valence electrons. The first-order valence-corrected chi connectivity index (χ1v) is 13.7. The molecule has 4 aromatic rings. The van der Waals surface area contributed by atoms with Gasteiger partial charge in [-0.25, -0.2) is 4.79 Å². The van der Waals surface area contributed by atoms with Gasteiger partial charge in [-0.05, 0) is 87.1 Å². The summed E-state index contributed by atoms with van der Waals surface area (Å²) >= 11 is 1.01. The van der Waals surface area contributed by atoms with Crippen LogP contribution in [0.3, 0.4) is 0 Å². The predicted octanol–water partition coefficient (Wildman–Crippen LogP) is 6.04. The summed E-state index contributed by atoms with van der Waals surface area (Å²) in [5.41, 5.74) is 4.78. The van der Waals surface area contributed by atoms with Gasteiger partial charge in [0, 0.05) is 12.0 Å². The van der Waals surface area contributed by atoms with Gasteiger partial charge in [-0.1, -0.05) is 41.7 Å². The van der Waals surface area contributed by atoms with Gasteiger partial charge in [0.1, 0.15) is 29.5 Å². The van der Waals surface area contributed by atoms with E-state index >= 15 is 0 Å². The molecule has 0 spiro atoms. The molecule has 7 nitrogen and oxygen atoms in total. The first-order chi connectivity index (χ1) is 18.6. The SMILES string of the molecule is Cc1c(C)c2c(c(C)c1OC(=O)c1ccccc1)CCC(C)(COc1ccc(Cc3sc(=O)[nH]c3O)cc1)O2. The van der Waals surface area contributed by atoms with Gasteiger partial charge < -0.3 is 19.3 Å². The monoisotopic (exact) mass is 545 g/mol. The lowest BCUT2D eigenvalue weighted by Gasteiger charge is -2.37. The quantitative estimate of drug-likeness (QED) is 0.217. The molecular weight excluding hydrogens is 514 g/mol. The van der Waals surface area contributed by atoms with Crippen LogP contribution in [-0.2, 0) is 12.8 Å². The van der Waals surface area contributed by atoms with Crippen LogP contribution in [0.5, 0.6) is 23.1 Å². The molecule has 0 saturated carbocycles. The molecule has 39 heavy (non-hydrogen) atoms. The largest absolute Gasteiger partial charge is 0.494 e. The Bertz CT molecular complexity index is 1570. The third kappa shape index (κ3) is 5.56. The Morgan fingerprint density at radius 2 is 1.77 bits per heavy atom. The fraction of sp³-hybridized carbons (Fsp3) is 0.290. The van der Waals surface area contributed by atoms with Gasteiger partial charge in [-0.2, -0.15) is 0 Å². The summed E-state index contributed by atoms with van der Waals surface area (Å²) in [7, 11) is 0. The van der Waals surface area contributed by atoms with Crippen molar-refractivity contribution >= 4 is 17.3 Å². The normalized spacial score (nSPS) is 16.3. The van der Waals surface area contributed by atoms with Crippen LogP contribution in [0.1, 0.15) is 56.4 Å². The molecule has 0 fully saturated rings. The number of nitrogens with one attached hydrogen (secondary N) is 1. The molecule has 1 unspecified atom stereocenters. The van der Waals surface area contributed by atoms with Crippen LogP contribution < -0.4 is 19.1 Å². The van der Waals surface area contributed by atoms with E-state index in [0.29, 0.717) is 35.0 Å². The molecule has 1 atom stereocenters. The van der Waals surface area contributed by atoms with Gasteiger partial charge in [-0.3, -0.25) is 9.78 Å². The molecule has 5 rings (SSSR count). The number of carbonyl (C=O) groups is 1. The highest BCUT2D eigenvalue weighted by Crippen LogP contribution is 2.44. The van der Waals surface area contributed by atoms with Crippen molar-refractivity contribution in [2.45, 2.75) is 52.6 Å². The standard InChI is InChI=1S/C31H31NO6S/c1-18-19(2)27-24(20(3)26(18)37-29(34)22-8-6-5-7-9-22)14-15-31(4,38-27)17-36-23-12-10-21(11-13-23)16-25-28(33)32-30(35)39-25/h5-13,33H,14-17H2,1-4H3,(H,32,35). The average molecular weight is 546 g/mol. The van der Waals surface area contributed by atoms with E-state index < -0.39 is 5.60 Å². The lowest BCUT2D eigenvalue weighted by atomic mass is 9.87. The highest BCUT2D eigenvalue weighted by Gasteiger charge is 2.36. The van der Waals surface area contributed by atoms with Gasteiger partial charge in [0.2, 0.25) is 5.88 Å². The molecule has 1 aliphatic heterocycles. The Kier molecular flexibility index (Phi) is 7.23.